The standard InChI is InChI=1S/C9H7F4NO2/c1-16-8(15)5-2-3-6(14-4-5)7(10)9(11,12)13/h2-4,7H,1H3. The lowest BCUT2D eigenvalue weighted by Gasteiger charge is -2.11. The maximum absolute atomic E-state index is 12.8. The first kappa shape index (κ1) is 12.4. The molecule has 0 N–H and O–H groups in total. The topological polar surface area (TPSA) is 39.2 Å². The van der Waals surface area contributed by atoms with E-state index in [2.05, 4.69) is 9.72 Å². The van der Waals surface area contributed by atoms with Gasteiger partial charge in [0.05, 0.1) is 18.4 Å². The summed E-state index contributed by atoms with van der Waals surface area (Å²) in [5.74, 6) is -0.749. The van der Waals surface area contributed by atoms with Gasteiger partial charge >= 0.3 is 12.1 Å². The van der Waals surface area contributed by atoms with Crippen LogP contribution in [0.2, 0.25) is 0 Å². The van der Waals surface area contributed by atoms with Gasteiger partial charge in [0, 0.05) is 6.20 Å². The van der Waals surface area contributed by atoms with Crippen molar-refractivity contribution >= 4 is 5.97 Å². The number of methoxy groups -OCH3 is 1. The lowest BCUT2D eigenvalue weighted by atomic mass is 10.2. The van der Waals surface area contributed by atoms with Crippen LogP contribution in [0.5, 0.6) is 0 Å². The Balaban J connectivity index is 2.91. The number of carbonyl (C=O) groups excluding carboxylic acids is 1. The van der Waals surface area contributed by atoms with E-state index in [1.807, 2.05) is 0 Å². The van der Waals surface area contributed by atoms with Crippen molar-refractivity contribution in [3.8, 4) is 0 Å². The minimum absolute atomic E-state index is 0.0411. The molecular weight excluding hydrogens is 230 g/mol. The monoisotopic (exact) mass is 237 g/mol. The molecule has 16 heavy (non-hydrogen) atoms. The lowest BCUT2D eigenvalue weighted by molar-refractivity contribution is -0.183. The Bertz CT molecular complexity index is 374. The molecule has 0 radical (unpaired) electrons. The highest BCUT2D eigenvalue weighted by molar-refractivity contribution is 5.88. The number of rotatable bonds is 2. The molecule has 1 heterocycles. The molecule has 0 saturated carbocycles. The Hall–Kier alpha value is -1.66. The fourth-order valence-corrected chi connectivity index (χ4v) is 0.962. The molecule has 7 heteroatoms. The molecule has 0 fully saturated rings. The van der Waals surface area contributed by atoms with Gasteiger partial charge in [-0.2, -0.15) is 13.2 Å². The van der Waals surface area contributed by atoms with Crippen molar-refractivity contribution < 1.29 is 27.1 Å². The quantitative estimate of drug-likeness (QED) is 0.585. The molecule has 88 valence electrons. The van der Waals surface area contributed by atoms with Crippen LogP contribution in [0.3, 0.4) is 0 Å². The van der Waals surface area contributed by atoms with E-state index in [0.717, 1.165) is 25.4 Å². The molecule has 0 spiro atoms. The summed E-state index contributed by atoms with van der Waals surface area (Å²) in [6.45, 7) is 0. The summed E-state index contributed by atoms with van der Waals surface area (Å²) in [7, 11) is 1.11. The van der Waals surface area contributed by atoms with Gasteiger partial charge in [0.25, 0.3) is 0 Å². The van der Waals surface area contributed by atoms with Crippen molar-refractivity contribution in [3.63, 3.8) is 0 Å². The maximum atomic E-state index is 12.8. The van der Waals surface area contributed by atoms with Crippen LogP contribution in [0.15, 0.2) is 18.3 Å². The first-order valence-corrected chi connectivity index (χ1v) is 4.11. The smallest absolute Gasteiger partial charge is 0.425 e. The van der Waals surface area contributed by atoms with E-state index in [9.17, 15) is 22.4 Å². The Morgan fingerprint density at radius 3 is 2.44 bits per heavy atom. The molecule has 0 amide bonds. The van der Waals surface area contributed by atoms with Crippen LogP contribution >= 0.6 is 0 Å². The highest BCUT2D eigenvalue weighted by Gasteiger charge is 2.42. The van der Waals surface area contributed by atoms with Crippen molar-refractivity contribution in [1.29, 1.82) is 0 Å². The van der Waals surface area contributed by atoms with E-state index in [1.54, 1.807) is 0 Å². The zero-order chi connectivity index (χ0) is 12.3. The SMILES string of the molecule is COC(=O)c1ccc(C(F)C(F)(F)F)nc1. The molecule has 1 atom stereocenters. The normalized spacial score (nSPS) is 13.3. The van der Waals surface area contributed by atoms with Gasteiger partial charge in [0.1, 0.15) is 0 Å². The van der Waals surface area contributed by atoms with Crippen molar-refractivity contribution in [2.75, 3.05) is 7.11 Å². The average Bonchev–Trinajstić information content (AvgIpc) is 2.26. The molecule has 1 aromatic heterocycles. The van der Waals surface area contributed by atoms with Crippen LogP contribution in [0.1, 0.15) is 22.2 Å². The minimum atomic E-state index is -5.00. The number of hydrogen-bond donors (Lipinski definition) is 0. The molecule has 0 bridgehead atoms. The second-order valence-electron chi connectivity index (χ2n) is 2.87. The Morgan fingerprint density at radius 1 is 1.44 bits per heavy atom. The molecule has 0 aliphatic carbocycles. The first-order valence-electron chi connectivity index (χ1n) is 4.11. The molecule has 0 aliphatic rings. The highest BCUT2D eigenvalue weighted by atomic mass is 19.4. The molecular formula is C9H7F4NO2. The number of nitrogens with zero attached hydrogens (tertiary/aromatic N) is 1. The summed E-state index contributed by atoms with van der Waals surface area (Å²) in [5.41, 5.74) is -0.833. The van der Waals surface area contributed by atoms with E-state index in [0.29, 0.717) is 0 Å². The number of ether oxygens (including phenoxy) is 1. The summed E-state index contributed by atoms with van der Waals surface area (Å²) in [4.78, 5) is 14.1. The molecule has 1 rings (SSSR count). The molecule has 3 nitrogen and oxygen atoms in total. The summed E-state index contributed by atoms with van der Waals surface area (Å²) in [6, 6.07) is 1.82. The zero-order valence-corrected chi connectivity index (χ0v) is 8.08. The maximum Gasteiger partial charge on any atom is 0.425 e. The minimum Gasteiger partial charge on any atom is -0.465 e. The fraction of sp³-hybridized carbons (Fsp3) is 0.333. The fourth-order valence-electron chi connectivity index (χ4n) is 0.962. The van der Waals surface area contributed by atoms with Gasteiger partial charge in [0.2, 0.25) is 6.17 Å². The van der Waals surface area contributed by atoms with Crippen molar-refractivity contribution in [1.82, 2.24) is 4.98 Å². The summed E-state index contributed by atoms with van der Waals surface area (Å²) >= 11 is 0. The van der Waals surface area contributed by atoms with Crippen molar-refractivity contribution in [2.24, 2.45) is 0 Å². The average molecular weight is 237 g/mol. The second-order valence-corrected chi connectivity index (χ2v) is 2.87. The second kappa shape index (κ2) is 4.46. The van der Waals surface area contributed by atoms with E-state index < -0.39 is 24.0 Å². The number of carbonyl (C=O) groups is 1. The third-order valence-electron chi connectivity index (χ3n) is 1.75. The first-order chi connectivity index (χ1) is 7.36. The molecule has 1 aromatic rings. The zero-order valence-electron chi connectivity index (χ0n) is 8.08. The third-order valence-corrected chi connectivity index (χ3v) is 1.75. The van der Waals surface area contributed by atoms with Gasteiger partial charge in [-0.15, -0.1) is 0 Å². The van der Waals surface area contributed by atoms with Crippen LogP contribution in [0.4, 0.5) is 17.6 Å². The molecule has 0 saturated heterocycles. The van der Waals surface area contributed by atoms with Crippen molar-refractivity contribution in [3.05, 3.63) is 29.6 Å². The summed E-state index contributed by atoms with van der Waals surface area (Å²) < 4.78 is 52.9. The number of aromatic nitrogens is 1. The van der Waals surface area contributed by atoms with Crippen LogP contribution < -0.4 is 0 Å². The number of hydrogen-bond acceptors (Lipinski definition) is 3. The van der Waals surface area contributed by atoms with E-state index in [1.165, 1.54) is 0 Å². The predicted molar refractivity (Wildman–Crippen MR) is 45.5 cm³/mol. The van der Waals surface area contributed by atoms with Gasteiger partial charge in [-0.3, -0.25) is 4.98 Å². The Kier molecular flexibility index (Phi) is 3.46. The van der Waals surface area contributed by atoms with Crippen molar-refractivity contribution in [2.45, 2.75) is 12.3 Å². The van der Waals surface area contributed by atoms with E-state index in [4.69, 9.17) is 0 Å². The third kappa shape index (κ3) is 2.68. The number of alkyl halides is 4. The molecule has 1 unspecified atom stereocenters. The van der Waals surface area contributed by atoms with Gasteiger partial charge < -0.3 is 4.74 Å². The predicted octanol–water partition coefficient (Wildman–Crippen LogP) is 2.44. The van der Waals surface area contributed by atoms with E-state index >= 15 is 0 Å². The van der Waals surface area contributed by atoms with E-state index in [-0.39, 0.29) is 5.56 Å². The highest BCUT2D eigenvalue weighted by Crippen LogP contribution is 2.34. The Morgan fingerprint density at radius 2 is 2.06 bits per heavy atom. The number of halogens is 4. The lowest BCUT2D eigenvalue weighted by Crippen LogP contribution is -2.17. The van der Waals surface area contributed by atoms with Gasteiger partial charge in [-0.1, -0.05) is 0 Å². The number of pyridine rings is 1. The number of esters is 1. The van der Waals surface area contributed by atoms with Gasteiger partial charge in [-0.25, -0.2) is 9.18 Å². The van der Waals surface area contributed by atoms with Gasteiger partial charge in [0.15, 0.2) is 0 Å². The molecule has 0 aliphatic heterocycles. The van der Waals surface area contributed by atoms with Crippen LogP contribution in [0.25, 0.3) is 0 Å². The Labute approximate surface area is 88.0 Å². The van der Waals surface area contributed by atoms with Crippen LogP contribution in [0, 0.1) is 0 Å². The largest absolute Gasteiger partial charge is 0.465 e. The molecule has 0 aromatic carbocycles. The summed E-state index contributed by atoms with van der Waals surface area (Å²) in [5, 5.41) is 0. The summed E-state index contributed by atoms with van der Waals surface area (Å²) in [6.07, 6.45) is -7.32. The van der Waals surface area contributed by atoms with Crippen LogP contribution in [-0.4, -0.2) is 24.2 Å². The van der Waals surface area contributed by atoms with Crippen LogP contribution in [-0.2, 0) is 4.74 Å². The van der Waals surface area contributed by atoms with Gasteiger partial charge in [-0.05, 0) is 12.1 Å².